The van der Waals surface area contributed by atoms with Gasteiger partial charge in [-0.3, -0.25) is 19.1 Å². The topological polar surface area (TPSA) is 84.3 Å². The first-order valence-corrected chi connectivity index (χ1v) is 10.5. The number of aromatic nitrogens is 2. The number of carbonyl (C=O) groups is 3. The van der Waals surface area contributed by atoms with Crippen molar-refractivity contribution in [1.29, 1.82) is 0 Å². The molecule has 162 valence electrons. The molecule has 1 aliphatic rings. The zero-order chi connectivity index (χ0) is 22.9. The van der Waals surface area contributed by atoms with Crippen molar-refractivity contribution < 1.29 is 14.4 Å². The molecule has 0 saturated heterocycles. The van der Waals surface area contributed by atoms with Crippen molar-refractivity contribution in [3.63, 3.8) is 0 Å². The lowest BCUT2D eigenvalue weighted by atomic mass is 10.1. The summed E-state index contributed by atoms with van der Waals surface area (Å²) in [5.74, 6) is -0.763. The molecule has 5 rings (SSSR count). The van der Waals surface area contributed by atoms with E-state index in [1.54, 1.807) is 59.4 Å². The number of amides is 3. The first-order chi connectivity index (χ1) is 16.0. The Morgan fingerprint density at radius 2 is 1.58 bits per heavy atom. The van der Waals surface area contributed by atoms with Crippen LogP contribution in [0.2, 0.25) is 0 Å². The van der Waals surface area contributed by atoms with Crippen molar-refractivity contribution in [2.45, 2.75) is 13.5 Å². The standard InChI is InChI=1S/C26H20N4O3/c1-17-7-2-3-8-19(17)16-29-14-13-23(28-29)27-24(31)18-9-6-10-20(15-18)30-25(32)21-11-4-5-12-22(21)26(30)33/h2-15H,16H2,1H3,(H,27,28,31). The van der Waals surface area contributed by atoms with Gasteiger partial charge in [0.05, 0.1) is 23.4 Å². The average molecular weight is 436 g/mol. The molecule has 0 unspecified atom stereocenters. The summed E-state index contributed by atoms with van der Waals surface area (Å²) in [6.07, 6.45) is 1.80. The molecular weight excluding hydrogens is 416 g/mol. The Hall–Kier alpha value is -4.52. The van der Waals surface area contributed by atoms with Gasteiger partial charge in [-0.25, -0.2) is 4.90 Å². The summed E-state index contributed by atoms with van der Waals surface area (Å²) in [5, 5.41) is 7.21. The molecule has 0 radical (unpaired) electrons. The van der Waals surface area contributed by atoms with E-state index in [2.05, 4.69) is 10.4 Å². The van der Waals surface area contributed by atoms with Crippen LogP contribution < -0.4 is 10.2 Å². The van der Waals surface area contributed by atoms with Gasteiger partial charge in [-0.05, 0) is 48.4 Å². The molecule has 3 aromatic carbocycles. The minimum absolute atomic E-state index is 0.317. The number of hydrogen-bond donors (Lipinski definition) is 1. The van der Waals surface area contributed by atoms with Crippen LogP contribution in [-0.4, -0.2) is 27.5 Å². The minimum atomic E-state index is -0.400. The number of imide groups is 1. The minimum Gasteiger partial charge on any atom is -0.305 e. The van der Waals surface area contributed by atoms with Gasteiger partial charge in [0, 0.05) is 17.8 Å². The summed E-state index contributed by atoms with van der Waals surface area (Å²) in [4.78, 5) is 39.4. The molecule has 7 nitrogen and oxygen atoms in total. The van der Waals surface area contributed by atoms with Gasteiger partial charge >= 0.3 is 0 Å². The van der Waals surface area contributed by atoms with Crippen LogP contribution in [0.25, 0.3) is 0 Å². The highest BCUT2D eigenvalue weighted by Crippen LogP contribution is 2.28. The highest BCUT2D eigenvalue weighted by atomic mass is 16.2. The van der Waals surface area contributed by atoms with Crippen LogP contribution in [0.3, 0.4) is 0 Å². The van der Waals surface area contributed by atoms with Crippen LogP contribution in [0.15, 0.2) is 85.1 Å². The Morgan fingerprint density at radius 1 is 0.879 bits per heavy atom. The van der Waals surface area contributed by atoms with E-state index in [9.17, 15) is 14.4 Å². The fourth-order valence-corrected chi connectivity index (χ4v) is 3.88. The van der Waals surface area contributed by atoms with Gasteiger partial charge in [-0.1, -0.05) is 42.5 Å². The first kappa shape index (κ1) is 20.4. The number of hydrogen-bond acceptors (Lipinski definition) is 4. The SMILES string of the molecule is Cc1ccccc1Cn1ccc(NC(=O)c2cccc(N3C(=O)c4ccccc4C3=O)c2)n1. The molecule has 0 spiro atoms. The van der Waals surface area contributed by atoms with Crippen LogP contribution in [-0.2, 0) is 6.54 Å². The lowest BCUT2D eigenvalue weighted by molar-refractivity contribution is 0.0924. The molecule has 1 aromatic heterocycles. The van der Waals surface area contributed by atoms with Crippen molar-refractivity contribution >= 4 is 29.2 Å². The van der Waals surface area contributed by atoms with E-state index >= 15 is 0 Å². The quantitative estimate of drug-likeness (QED) is 0.473. The second-order valence-electron chi connectivity index (χ2n) is 7.82. The van der Waals surface area contributed by atoms with Gasteiger partial charge in [-0.2, -0.15) is 5.10 Å². The van der Waals surface area contributed by atoms with Crippen LogP contribution in [0.5, 0.6) is 0 Å². The number of nitrogens with one attached hydrogen (secondary N) is 1. The van der Waals surface area contributed by atoms with E-state index in [0.717, 1.165) is 10.5 Å². The average Bonchev–Trinajstić information content (AvgIpc) is 3.37. The second kappa shape index (κ2) is 8.20. The summed E-state index contributed by atoms with van der Waals surface area (Å²) < 4.78 is 1.76. The summed E-state index contributed by atoms with van der Waals surface area (Å²) in [6.45, 7) is 2.64. The third-order valence-electron chi connectivity index (χ3n) is 5.64. The maximum atomic E-state index is 12.8. The molecule has 1 aliphatic heterocycles. The van der Waals surface area contributed by atoms with Gasteiger partial charge in [-0.15, -0.1) is 0 Å². The summed E-state index contributed by atoms with van der Waals surface area (Å²) >= 11 is 0. The Kier molecular flexibility index (Phi) is 5.06. The van der Waals surface area contributed by atoms with E-state index in [0.29, 0.717) is 34.7 Å². The molecule has 1 N–H and O–H groups in total. The summed E-state index contributed by atoms with van der Waals surface area (Å²) in [5.41, 5.74) is 3.69. The third-order valence-corrected chi connectivity index (χ3v) is 5.64. The molecule has 2 heterocycles. The molecule has 0 atom stereocenters. The van der Waals surface area contributed by atoms with Crippen molar-refractivity contribution in [2.24, 2.45) is 0 Å². The zero-order valence-corrected chi connectivity index (χ0v) is 17.9. The highest BCUT2D eigenvalue weighted by molar-refractivity contribution is 6.34. The first-order valence-electron chi connectivity index (χ1n) is 10.5. The molecule has 0 aliphatic carbocycles. The van der Waals surface area contributed by atoms with Crippen molar-refractivity contribution in [3.05, 3.63) is 113 Å². The van der Waals surface area contributed by atoms with Crippen molar-refractivity contribution in [2.75, 3.05) is 10.2 Å². The number of rotatable bonds is 5. The Labute approximate surface area is 190 Å². The fraction of sp³-hybridized carbons (Fsp3) is 0.0769. The van der Waals surface area contributed by atoms with E-state index in [-0.39, 0.29) is 5.91 Å². The predicted molar refractivity (Wildman–Crippen MR) is 124 cm³/mol. The zero-order valence-electron chi connectivity index (χ0n) is 17.9. The maximum Gasteiger partial charge on any atom is 0.266 e. The molecule has 33 heavy (non-hydrogen) atoms. The molecule has 0 bridgehead atoms. The molecule has 0 fully saturated rings. The Bertz CT molecular complexity index is 1370. The van der Waals surface area contributed by atoms with Gasteiger partial charge in [0.25, 0.3) is 17.7 Å². The highest BCUT2D eigenvalue weighted by Gasteiger charge is 2.36. The van der Waals surface area contributed by atoms with E-state index < -0.39 is 11.8 Å². The molecule has 7 heteroatoms. The number of nitrogens with zero attached hydrogens (tertiary/aromatic N) is 3. The maximum absolute atomic E-state index is 12.8. The molecule has 4 aromatic rings. The van der Waals surface area contributed by atoms with Crippen LogP contribution in [0, 0.1) is 6.92 Å². The van der Waals surface area contributed by atoms with Crippen LogP contribution in [0.4, 0.5) is 11.5 Å². The molecular formula is C26H20N4O3. The monoisotopic (exact) mass is 436 g/mol. The van der Waals surface area contributed by atoms with Gasteiger partial charge in [0.15, 0.2) is 5.82 Å². The number of fused-ring (bicyclic) bond motifs is 1. The third kappa shape index (κ3) is 3.80. The number of carbonyl (C=O) groups excluding carboxylic acids is 3. The van der Waals surface area contributed by atoms with E-state index in [1.165, 1.54) is 11.6 Å². The molecule has 0 saturated carbocycles. The summed E-state index contributed by atoms with van der Waals surface area (Å²) in [7, 11) is 0. The lowest BCUT2D eigenvalue weighted by Gasteiger charge is -2.14. The Balaban J connectivity index is 1.33. The smallest absolute Gasteiger partial charge is 0.266 e. The van der Waals surface area contributed by atoms with Crippen molar-refractivity contribution in [1.82, 2.24) is 9.78 Å². The molecule has 3 amide bonds. The second-order valence-corrected chi connectivity index (χ2v) is 7.82. The fourth-order valence-electron chi connectivity index (χ4n) is 3.88. The Morgan fingerprint density at radius 3 is 2.30 bits per heavy atom. The van der Waals surface area contributed by atoms with Gasteiger partial charge < -0.3 is 5.32 Å². The largest absolute Gasteiger partial charge is 0.305 e. The number of benzene rings is 3. The van der Waals surface area contributed by atoms with Gasteiger partial charge in [0.2, 0.25) is 0 Å². The van der Waals surface area contributed by atoms with E-state index in [1.807, 2.05) is 31.2 Å². The lowest BCUT2D eigenvalue weighted by Crippen LogP contribution is -2.29. The normalized spacial score (nSPS) is 12.7. The predicted octanol–water partition coefficient (Wildman–Crippen LogP) is 4.29. The van der Waals surface area contributed by atoms with E-state index in [4.69, 9.17) is 0 Å². The van der Waals surface area contributed by atoms with Crippen LogP contribution >= 0.6 is 0 Å². The van der Waals surface area contributed by atoms with Crippen LogP contribution in [0.1, 0.15) is 42.2 Å². The van der Waals surface area contributed by atoms with Gasteiger partial charge in [0.1, 0.15) is 0 Å². The number of anilines is 2. The van der Waals surface area contributed by atoms with Crippen molar-refractivity contribution in [3.8, 4) is 0 Å². The number of aryl methyl sites for hydroxylation is 1. The summed E-state index contributed by atoms with van der Waals surface area (Å²) in [6, 6.07) is 22.9.